The minimum atomic E-state index is -4.57. The molecule has 1 fully saturated rings. The molecule has 50 heavy (non-hydrogen) atoms. The number of aromatic nitrogens is 2. The summed E-state index contributed by atoms with van der Waals surface area (Å²) in [6, 6.07) is 16.3. The van der Waals surface area contributed by atoms with Crippen molar-refractivity contribution in [3.63, 3.8) is 0 Å². The second-order valence-corrected chi connectivity index (χ2v) is 14.8. The maximum atomic E-state index is 16.1. The van der Waals surface area contributed by atoms with Crippen LogP contribution in [0, 0.1) is 12.7 Å². The van der Waals surface area contributed by atoms with Crippen molar-refractivity contribution >= 4 is 39.0 Å². The largest absolute Gasteiger partial charge is 0.497 e. The standard InChI is InChI=1S/C36H42ClFN6O5S/c1-23-7-6-8-24(15-23)25-10-12-30(32(16-25)42-36(45)21-43(2)3)41-31-19-29(38)34(18-28(31)37)50(46,47)44(35-13-14-39-22-40-35)20-26-9-11-27(48-4)17-33(26)49-5/h6-9,11,13-15,17-19,22,25,30,32,41H,10,12,16,20-21H2,1-5H3,(H,42,45)/t25-,30-,32-/m0/s1. The fourth-order valence-electron chi connectivity index (χ4n) is 6.28. The van der Waals surface area contributed by atoms with Crippen molar-refractivity contribution in [2.24, 2.45) is 0 Å². The molecule has 4 aromatic rings. The molecule has 0 spiro atoms. The summed E-state index contributed by atoms with van der Waals surface area (Å²) in [5.74, 6) is 0.00633. The molecular weight excluding hydrogens is 683 g/mol. The maximum absolute atomic E-state index is 16.1. The number of likely N-dealkylation sites (N-methyl/N-ethyl adjacent to an activating group) is 1. The van der Waals surface area contributed by atoms with Gasteiger partial charge in [0, 0.05) is 36.0 Å². The van der Waals surface area contributed by atoms with Crippen LogP contribution in [-0.4, -0.2) is 76.1 Å². The highest BCUT2D eigenvalue weighted by Gasteiger charge is 2.35. The fourth-order valence-corrected chi connectivity index (χ4v) is 8.04. The van der Waals surface area contributed by atoms with E-state index in [0.717, 1.165) is 28.4 Å². The maximum Gasteiger partial charge on any atom is 0.268 e. The molecule has 1 amide bonds. The predicted octanol–water partition coefficient (Wildman–Crippen LogP) is 5.78. The van der Waals surface area contributed by atoms with Gasteiger partial charge in [0.1, 0.15) is 34.4 Å². The SMILES string of the molecule is COc1ccc(CN(c2ccncn2)S(=O)(=O)c2cc(Cl)c(N[C@H]3CC[C@H](c4cccc(C)c4)C[C@@H]3NC(=O)CN(C)C)cc2F)c(OC)c1. The number of benzene rings is 3. The molecule has 14 heteroatoms. The molecule has 2 N–H and O–H groups in total. The molecule has 1 aliphatic rings. The Morgan fingerprint density at radius 1 is 1.04 bits per heavy atom. The van der Waals surface area contributed by atoms with Gasteiger partial charge in [-0.1, -0.05) is 41.4 Å². The van der Waals surface area contributed by atoms with E-state index < -0.39 is 20.7 Å². The summed E-state index contributed by atoms with van der Waals surface area (Å²) in [6.07, 6.45) is 4.76. The Hall–Kier alpha value is -4.46. The molecule has 5 rings (SSSR count). The van der Waals surface area contributed by atoms with E-state index in [1.165, 1.54) is 38.4 Å². The third kappa shape index (κ3) is 8.63. The van der Waals surface area contributed by atoms with Gasteiger partial charge in [0.2, 0.25) is 5.91 Å². The molecule has 0 saturated heterocycles. The van der Waals surface area contributed by atoms with Crippen LogP contribution in [-0.2, 0) is 21.4 Å². The number of ether oxygens (including phenoxy) is 2. The van der Waals surface area contributed by atoms with Crippen molar-refractivity contribution in [2.45, 2.75) is 55.6 Å². The van der Waals surface area contributed by atoms with Crippen molar-refractivity contribution in [1.29, 1.82) is 0 Å². The zero-order chi connectivity index (χ0) is 36.0. The molecular formula is C36H42ClFN6O5S. The van der Waals surface area contributed by atoms with Crippen LogP contribution >= 0.6 is 11.6 Å². The Kier molecular flexibility index (Phi) is 11.8. The van der Waals surface area contributed by atoms with Crippen LogP contribution in [0.4, 0.5) is 15.9 Å². The Morgan fingerprint density at radius 2 is 1.84 bits per heavy atom. The molecule has 3 aromatic carbocycles. The van der Waals surface area contributed by atoms with E-state index in [0.29, 0.717) is 29.9 Å². The van der Waals surface area contributed by atoms with Crippen LogP contribution in [0.15, 0.2) is 78.1 Å². The first kappa shape index (κ1) is 36.8. The van der Waals surface area contributed by atoms with E-state index in [2.05, 4.69) is 45.7 Å². The molecule has 0 aliphatic heterocycles. The first-order valence-corrected chi connectivity index (χ1v) is 18.0. The number of amides is 1. The number of aryl methyl sites for hydroxylation is 1. The fraction of sp³-hybridized carbons (Fsp3) is 0.361. The van der Waals surface area contributed by atoms with E-state index in [1.54, 1.807) is 23.1 Å². The summed E-state index contributed by atoms with van der Waals surface area (Å²) in [6.45, 7) is 2.03. The van der Waals surface area contributed by atoms with Gasteiger partial charge in [-0.2, -0.15) is 0 Å². The molecule has 11 nitrogen and oxygen atoms in total. The number of hydrogen-bond acceptors (Lipinski definition) is 9. The third-order valence-corrected chi connectivity index (χ3v) is 10.8. The van der Waals surface area contributed by atoms with Crippen LogP contribution in [0.3, 0.4) is 0 Å². The van der Waals surface area contributed by atoms with Crippen molar-refractivity contribution in [1.82, 2.24) is 20.2 Å². The first-order chi connectivity index (χ1) is 23.9. The smallest absolute Gasteiger partial charge is 0.268 e. The van der Waals surface area contributed by atoms with Gasteiger partial charge in [-0.3, -0.25) is 4.79 Å². The summed E-state index contributed by atoms with van der Waals surface area (Å²) < 4.78 is 56.2. The molecule has 3 atom stereocenters. The van der Waals surface area contributed by atoms with Gasteiger partial charge in [-0.15, -0.1) is 0 Å². The average Bonchev–Trinajstić information content (AvgIpc) is 3.09. The van der Waals surface area contributed by atoms with Gasteiger partial charge in [-0.05, 0) is 76.0 Å². The second-order valence-electron chi connectivity index (χ2n) is 12.6. The average molecular weight is 725 g/mol. The number of carbonyl (C=O) groups is 1. The van der Waals surface area contributed by atoms with Crippen molar-refractivity contribution in [3.8, 4) is 11.5 Å². The minimum absolute atomic E-state index is 0.00816. The second kappa shape index (κ2) is 16.0. The number of hydrogen-bond donors (Lipinski definition) is 2. The van der Waals surface area contributed by atoms with E-state index in [-0.39, 0.29) is 53.5 Å². The van der Waals surface area contributed by atoms with E-state index in [1.807, 2.05) is 20.2 Å². The Labute approximate surface area is 297 Å². The number of methoxy groups -OCH3 is 2. The molecule has 1 aromatic heterocycles. The van der Waals surface area contributed by atoms with Crippen LogP contribution in [0.2, 0.25) is 5.02 Å². The summed E-state index contributed by atoms with van der Waals surface area (Å²) >= 11 is 6.72. The number of carbonyl (C=O) groups excluding carboxylic acids is 1. The van der Waals surface area contributed by atoms with Gasteiger partial charge in [0.05, 0.1) is 38.0 Å². The molecule has 0 bridgehead atoms. The normalized spacial score (nSPS) is 17.6. The molecule has 266 valence electrons. The highest BCUT2D eigenvalue weighted by Crippen LogP contribution is 2.38. The summed E-state index contributed by atoms with van der Waals surface area (Å²) in [5, 5.41) is 6.50. The van der Waals surface area contributed by atoms with Crippen LogP contribution < -0.4 is 24.4 Å². The lowest BCUT2D eigenvalue weighted by Gasteiger charge is -2.38. The Morgan fingerprint density at radius 3 is 2.52 bits per heavy atom. The molecule has 1 heterocycles. The van der Waals surface area contributed by atoms with Gasteiger partial charge < -0.3 is 25.0 Å². The minimum Gasteiger partial charge on any atom is -0.497 e. The summed E-state index contributed by atoms with van der Waals surface area (Å²) in [5.41, 5.74) is 3.08. The molecule has 0 radical (unpaired) electrons. The van der Waals surface area contributed by atoms with Crippen LogP contribution in [0.1, 0.15) is 41.9 Å². The Balaban J connectivity index is 1.44. The lowest BCUT2D eigenvalue weighted by Crippen LogP contribution is -2.51. The quantitative estimate of drug-likeness (QED) is 0.176. The van der Waals surface area contributed by atoms with E-state index in [9.17, 15) is 13.2 Å². The van der Waals surface area contributed by atoms with E-state index in [4.69, 9.17) is 21.1 Å². The number of halogens is 2. The first-order valence-electron chi connectivity index (χ1n) is 16.2. The zero-order valence-electron chi connectivity index (χ0n) is 28.7. The highest BCUT2D eigenvalue weighted by atomic mass is 35.5. The van der Waals surface area contributed by atoms with Crippen molar-refractivity contribution in [2.75, 3.05) is 44.5 Å². The molecule has 1 saturated carbocycles. The zero-order valence-corrected chi connectivity index (χ0v) is 30.3. The summed E-state index contributed by atoms with van der Waals surface area (Å²) in [4.78, 5) is 22.1. The Bertz CT molecular complexity index is 1920. The molecule has 0 unspecified atom stereocenters. The van der Waals surface area contributed by atoms with Crippen LogP contribution in [0.5, 0.6) is 11.5 Å². The number of anilines is 2. The topological polar surface area (TPSA) is 126 Å². The third-order valence-electron chi connectivity index (χ3n) is 8.73. The summed E-state index contributed by atoms with van der Waals surface area (Å²) in [7, 11) is 2.04. The van der Waals surface area contributed by atoms with Gasteiger partial charge in [-0.25, -0.2) is 27.1 Å². The number of rotatable bonds is 13. The highest BCUT2D eigenvalue weighted by molar-refractivity contribution is 7.92. The van der Waals surface area contributed by atoms with Crippen molar-refractivity contribution < 1.29 is 27.1 Å². The van der Waals surface area contributed by atoms with Crippen LogP contribution in [0.25, 0.3) is 0 Å². The lowest BCUT2D eigenvalue weighted by molar-refractivity contribution is -0.122. The van der Waals surface area contributed by atoms with Gasteiger partial charge in [0.15, 0.2) is 0 Å². The van der Waals surface area contributed by atoms with E-state index >= 15 is 4.39 Å². The monoisotopic (exact) mass is 724 g/mol. The number of nitrogens with zero attached hydrogens (tertiary/aromatic N) is 4. The van der Waals surface area contributed by atoms with Crippen molar-refractivity contribution in [3.05, 3.63) is 101 Å². The lowest BCUT2D eigenvalue weighted by atomic mass is 9.78. The van der Waals surface area contributed by atoms with Gasteiger partial charge in [0.25, 0.3) is 10.0 Å². The predicted molar refractivity (Wildman–Crippen MR) is 192 cm³/mol. The number of sulfonamides is 1. The molecule has 1 aliphatic carbocycles. The van der Waals surface area contributed by atoms with Gasteiger partial charge >= 0.3 is 0 Å². The number of nitrogens with one attached hydrogen (secondary N) is 2.